The third-order valence-corrected chi connectivity index (χ3v) is 6.57. The lowest BCUT2D eigenvalue weighted by molar-refractivity contribution is -0.137. The van der Waals surface area contributed by atoms with Gasteiger partial charge in [0.1, 0.15) is 12.0 Å². The summed E-state index contributed by atoms with van der Waals surface area (Å²) < 4.78 is 45.3. The number of benzene rings is 2. The Balaban J connectivity index is 1.76. The third kappa shape index (κ3) is 4.76. The second kappa shape index (κ2) is 9.90. The van der Waals surface area contributed by atoms with Crippen LogP contribution in [-0.2, 0) is 10.9 Å². The Morgan fingerprint density at radius 3 is 2.44 bits per heavy atom. The fourth-order valence-corrected chi connectivity index (χ4v) is 4.75. The van der Waals surface area contributed by atoms with Gasteiger partial charge in [-0.2, -0.15) is 13.2 Å². The van der Waals surface area contributed by atoms with Crippen LogP contribution in [0.3, 0.4) is 0 Å². The maximum Gasteiger partial charge on any atom is 0.416 e. The van der Waals surface area contributed by atoms with Crippen LogP contribution in [0.4, 0.5) is 24.7 Å². The van der Waals surface area contributed by atoms with Crippen LogP contribution in [0.1, 0.15) is 49.6 Å². The summed E-state index contributed by atoms with van der Waals surface area (Å²) >= 11 is 0. The molecule has 0 aliphatic carbocycles. The topological polar surface area (TPSA) is 57.6 Å². The van der Waals surface area contributed by atoms with Gasteiger partial charge in [0, 0.05) is 34.9 Å². The van der Waals surface area contributed by atoms with Crippen LogP contribution in [0.25, 0.3) is 10.8 Å². The first-order valence-corrected chi connectivity index (χ1v) is 11.6. The Bertz CT molecular complexity index is 1140. The summed E-state index contributed by atoms with van der Waals surface area (Å²) in [6.07, 6.45) is -2.00. The number of nitrogens with one attached hydrogen (secondary N) is 1. The number of morpholine rings is 1. The van der Waals surface area contributed by atoms with E-state index in [1.54, 1.807) is 12.3 Å². The molecule has 1 fully saturated rings. The molecule has 0 bridgehead atoms. The van der Waals surface area contributed by atoms with E-state index in [0.29, 0.717) is 30.3 Å². The summed E-state index contributed by atoms with van der Waals surface area (Å²) in [4.78, 5) is 6.66. The van der Waals surface area contributed by atoms with Crippen molar-refractivity contribution in [1.82, 2.24) is 9.88 Å². The zero-order chi connectivity index (χ0) is 24.5. The summed E-state index contributed by atoms with van der Waals surface area (Å²) in [6, 6.07) is 10.9. The Kier molecular flexibility index (Phi) is 7.12. The van der Waals surface area contributed by atoms with Crippen molar-refractivity contribution in [1.29, 1.82) is 0 Å². The molecule has 5 nitrogen and oxygen atoms in total. The highest BCUT2D eigenvalue weighted by Gasteiger charge is 2.36. The van der Waals surface area contributed by atoms with Crippen molar-refractivity contribution in [2.75, 3.05) is 18.5 Å². The molecule has 8 heteroatoms. The largest absolute Gasteiger partial charge is 0.416 e. The van der Waals surface area contributed by atoms with Crippen LogP contribution in [0.5, 0.6) is 0 Å². The first-order valence-electron chi connectivity index (χ1n) is 11.6. The molecular weight excluding hydrogens is 443 g/mol. The molecule has 1 saturated heterocycles. The van der Waals surface area contributed by atoms with Crippen LogP contribution in [0.2, 0.25) is 0 Å². The highest BCUT2D eigenvalue weighted by Crippen LogP contribution is 2.37. The Hall–Kier alpha value is -2.68. The number of aromatic nitrogens is 1. The number of rotatable bonds is 6. The number of nitrogens with zero attached hydrogens (tertiary/aromatic N) is 2. The fourth-order valence-electron chi connectivity index (χ4n) is 4.75. The maximum atomic E-state index is 13.2. The van der Waals surface area contributed by atoms with Crippen molar-refractivity contribution < 1.29 is 23.0 Å². The summed E-state index contributed by atoms with van der Waals surface area (Å²) in [5, 5.41) is 16.2. The highest BCUT2D eigenvalue weighted by molar-refractivity contribution is 5.97. The van der Waals surface area contributed by atoms with E-state index in [1.165, 1.54) is 6.07 Å². The average molecular weight is 474 g/mol. The van der Waals surface area contributed by atoms with Crippen molar-refractivity contribution in [2.45, 2.75) is 58.1 Å². The van der Waals surface area contributed by atoms with Gasteiger partial charge in [-0.15, -0.1) is 0 Å². The third-order valence-electron chi connectivity index (χ3n) is 6.57. The smallest absolute Gasteiger partial charge is 0.378 e. The van der Waals surface area contributed by atoms with Gasteiger partial charge in [0.25, 0.3) is 0 Å². The van der Waals surface area contributed by atoms with Gasteiger partial charge < -0.3 is 15.2 Å². The van der Waals surface area contributed by atoms with E-state index in [9.17, 15) is 18.3 Å². The number of fused-ring (bicyclic) bond motifs is 1. The minimum Gasteiger partial charge on any atom is -0.378 e. The Labute approximate surface area is 197 Å². The molecule has 1 aliphatic heterocycles. The van der Waals surface area contributed by atoms with E-state index in [0.717, 1.165) is 41.3 Å². The van der Waals surface area contributed by atoms with Gasteiger partial charge in [-0.3, -0.25) is 4.90 Å². The molecule has 1 aromatic heterocycles. The number of alkyl halides is 3. The number of aryl methyl sites for hydroxylation is 1. The van der Waals surface area contributed by atoms with Crippen LogP contribution < -0.4 is 5.32 Å². The lowest BCUT2D eigenvalue weighted by Crippen LogP contribution is -2.53. The van der Waals surface area contributed by atoms with Gasteiger partial charge >= 0.3 is 6.18 Å². The van der Waals surface area contributed by atoms with E-state index < -0.39 is 18.0 Å². The summed E-state index contributed by atoms with van der Waals surface area (Å²) in [5.41, 5.74) is 1.20. The molecule has 0 saturated carbocycles. The van der Waals surface area contributed by atoms with E-state index in [4.69, 9.17) is 4.74 Å². The highest BCUT2D eigenvalue weighted by atomic mass is 19.4. The number of halogens is 3. The molecule has 2 heterocycles. The molecule has 182 valence electrons. The zero-order valence-electron chi connectivity index (χ0n) is 19.6. The van der Waals surface area contributed by atoms with Gasteiger partial charge in [-0.25, -0.2) is 4.98 Å². The second-order valence-electron chi connectivity index (χ2n) is 8.75. The van der Waals surface area contributed by atoms with Crippen LogP contribution >= 0.6 is 0 Å². The van der Waals surface area contributed by atoms with Gasteiger partial charge in [0.2, 0.25) is 0 Å². The van der Waals surface area contributed by atoms with Gasteiger partial charge in [0.05, 0.1) is 18.8 Å². The van der Waals surface area contributed by atoms with E-state index in [2.05, 4.69) is 29.0 Å². The number of hydrogen-bond donors (Lipinski definition) is 2. The zero-order valence-corrected chi connectivity index (χ0v) is 19.6. The molecule has 0 amide bonds. The van der Waals surface area contributed by atoms with Gasteiger partial charge in [-0.05, 0) is 48.9 Å². The molecule has 1 aliphatic rings. The minimum atomic E-state index is -4.43. The molecular formula is C26H30F3N3O2. The first-order chi connectivity index (χ1) is 16.2. The number of aliphatic hydroxyl groups is 1. The normalized spacial score (nSPS) is 20.4. The lowest BCUT2D eigenvalue weighted by Gasteiger charge is -2.44. The van der Waals surface area contributed by atoms with Crippen molar-refractivity contribution in [3.05, 3.63) is 65.4 Å². The van der Waals surface area contributed by atoms with Crippen LogP contribution in [0, 0.1) is 6.92 Å². The lowest BCUT2D eigenvalue weighted by atomic mass is 9.97. The Morgan fingerprint density at radius 1 is 1.12 bits per heavy atom. The average Bonchev–Trinajstić information content (AvgIpc) is 2.83. The van der Waals surface area contributed by atoms with E-state index in [-0.39, 0.29) is 12.1 Å². The standard InChI is InChI=1S/C26H30F3N3O2/c1-4-19-14-34-15-20(5-2)32(19)25(33)22-13-30-24(21-11-6-8-16(3)23(21)22)31-18-10-7-9-17(12-18)26(27,28)29/h6-13,19-20,25,33H,4-5,14-15H2,1-3H3,(H,30,31). The molecule has 0 radical (unpaired) electrons. The summed E-state index contributed by atoms with van der Waals surface area (Å²) in [6.45, 7) is 7.23. The number of aliphatic hydroxyl groups excluding tert-OH is 1. The van der Waals surface area contributed by atoms with Gasteiger partial charge in [-0.1, -0.05) is 38.1 Å². The maximum absolute atomic E-state index is 13.2. The predicted molar refractivity (Wildman–Crippen MR) is 127 cm³/mol. The van der Waals surface area contributed by atoms with Crippen molar-refractivity contribution in [3.8, 4) is 0 Å². The Morgan fingerprint density at radius 2 is 1.79 bits per heavy atom. The number of pyridine rings is 1. The fraction of sp³-hybridized carbons (Fsp3) is 0.423. The van der Waals surface area contributed by atoms with Crippen molar-refractivity contribution in [3.63, 3.8) is 0 Å². The quantitative estimate of drug-likeness (QED) is 0.447. The molecule has 3 unspecified atom stereocenters. The number of anilines is 2. The van der Waals surface area contributed by atoms with Gasteiger partial charge in [0.15, 0.2) is 0 Å². The van der Waals surface area contributed by atoms with Crippen molar-refractivity contribution >= 4 is 22.3 Å². The summed E-state index contributed by atoms with van der Waals surface area (Å²) in [7, 11) is 0. The molecule has 3 atom stereocenters. The SMILES string of the molecule is CCC1COCC(CC)N1C(O)c1cnc(Nc2cccc(C(F)(F)F)c2)c2cccc(C)c12. The van der Waals surface area contributed by atoms with E-state index in [1.807, 2.05) is 25.1 Å². The van der Waals surface area contributed by atoms with Crippen LogP contribution in [-0.4, -0.2) is 40.3 Å². The molecule has 0 spiro atoms. The second-order valence-corrected chi connectivity index (χ2v) is 8.75. The monoisotopic (exact) mass is 473 g/mol. The van der Waals surface area contributed by atoms with E-state index >= 15 is 0 Å². The van der Waals surface area contributed by atoms with Crippen LogP contribution in [0.15, 0.2) is 48.7 Å². The molecule has 4 rings (SSSR count). The number of hydrogen-bond acceptors (Lipinski definition) is 5. The molecule has 2 aromatic carbocycles. The number of ether oxygens (including phenoxy) is 1. The van der Waals surface area contributed by atoms with Crippen molar-refractivity contribution in [2.24, 2.45) is 0 Å². The first kappa shape index (κ1) is 24.4. The predicted octanol–water partition coefficient (Wildman–Crippen LogP) is 6.19. The minimum absolute atomic E-state index is 0.0793. The molecule has 2 N–H and O–H groups in total. The summed E-state index contributed by atoms with van der Waals surface area (Å²) in [5.74, 6) is 0.440. The molecule has 34 heavy (non-hydrogen) atoms. The molecule has 3 aromatic rings.